The summed E-state index contributed by atoms with van der Waals surface area (Å²) < 4.78 is 12.9. The molecular weight excluding hydrogens is 325 g/mol. The monoisotopic (exact) mass is 343 g/mol. The standard InChI is InChI=1S/C19H18FNS2/c20-16-8-10-18(11-9-16)22-13-12-19(23-14-15-6-7-15)21-17-4-2-1-3-5-17/h1-5,8-13,15H,6-7,14H2. The smallest absolute Gasteiger partial charge is 0.123 e. The highest BCUT2D eigenvalue weighted by Crippen LogP contribution is 2.33. The molecule has 1 nitrogen and oxygen atoms in total. The SMILES string of the molecule is Fc1ccc(SC=CC(=Nc2ccccc2)SCC2CC2)cc1. The number of halogens is 1. The lowest BCUT2D eigenvalue weighted by Crippen LogP contribution is -1.90. The molecule has 1 aliphatic rings. The highest BCUT2D eigenvalue weighted by atomic mass is 32.2. The minimum atomic E-state index is -0.204. The molecule has 23 heavy (non-hydrogen) atoms. The van der Waals surface area contributed by atoms with E-state index in [1.54, 1.807) is 23.9 Å². The normalized spacial score (nSPS) is 15.3. The first-order valence-corrected chi connectivity index (χ1v) is 9.51. The molecule has 2 aromatic rings. The van der Waals surface area contributed by atoms with Crippen molar-refractivity contribution < 1.29 is 4.39 Å². The summed E-state index contributed by atoms with van der Waals surface area (Å²) in [7, 11) is 0. The highest BCUT2D eigenvalue weighted by molar-refractivity contribution is 8.14. The topological polar surface area (TPSA) is 12.4 Å². The van der Waals surface area contributed by atoms with E-state index < -0.39 is 0 Å². The first-order valence-electron chi connectivity index (χ1n) is 7.65. The average molecular weight is 343 g/mol. The van der Waals surface area contributed by atoms with Crippen LogP contribution in [0.3, 0.4) is 0 Å². The van der Waals surface area contributed by atoms with Crippen molar-refractivity contribution in [3.63, 3.8) is 0 Å². The quantitative estimate of drug-likeness (QED) is 0.346. The van der Waals surface area contributed by atoms with E-state index in [2.05, 4.69) is 0 Å². The van der Waals surface area contributed by atoms with Gasteiger partial charge >= 0.3 is 0 Å². The molecular formula is C19H18FNS2. The molecule has 0 aliphatic heterocycles. The van der Waals surface area contributed by atoms with E-state index in [9.17, 15) is 4.39 Å². The maximum absolute atomic E-state index is 12.9. The van der Waals surface area contributed by atoms with Gasteiger partial charge in [-0.05, 0) is 66.6 Å². The van der Waals surface area contributed by atoms with Crippen molar-refractivity contribution in [1.29, 1.82) is 0 Å². The Morgan fingerprint density at radius 2 is 1.83 bits per heavy atom. The summed E-state index contributed by atoms with van der Waals surface area (Å²) in [6.45, 7) is 0. The second kappa shape index (κ2) is 8.37. The van der Waals surface area contributed by atoms with Crippen LogP contribution in [-0.4, -0.2) is 10.8 Å². The van der Waals surface area contributed by atoms with E-state index in [0.29, 0.717) is 0 Å². The van der Waals surface area contributed by atoms with Crippen molar-refractivity contribution in [3.8, 4) is 0 Å². The van der Waals surface area contributed by atoms with Crippen molar-refractivity contribution in [1.82, 2.24) is 0 Å². The Hall–Kier alpha value is -1.52. The second-order valence-corrected chi connectivity index (χ2v) is 7.43. The number of hydrogen-bond donors (Lipinski definition) is 0. The fraction of sp³-hybridized carbons (Fsp3) is 0.211. The maximum Gasteiger partial charge on any atom is 0.123 e. The number of rotatable bonds is 6. The molecule has 0 radical (unpaired) electrons. The van der Waals surface area contributed by atoms with Gasteiger partial charge in [-0.3, -0.25) is 0 Å². The molecule has 0 unspecified atom stereocenters. The first-order chi connectivity index (χ1) is 11.3. The van der Waals surface area contributed by atoms with E-state index in [0.717, 1.165) is 27.3 Å². The lowest BCUT2D eigenvalue weighted by Gasteiger charge is -2.02. The van der Waals surface area contributed by atoms with Crippen LogP contribution in [0.15, 0.2) is 76.0 Å². The van der Waals surface area contributed by atoms with Crippen LogP contribution >= 0.6 is 23.5 Å². The van der Waals surface area contributed by atoms with Crippen molar-refractivity contribution in [3.05, 3.63) is 71.9 Å². The molecule has 1 saturated carbocycles. The molecule has 4 heteroatoms. The zero-order chi connectivity index (χ0) is 15.9. The van der Waals surface area contributed by atoms with E-state index in [-0.39, 0.29) is 5.82 Å². The van der Waals surface area contributed by atoms with E-state index >= 15 is 0 Å². The zero-order valence-corrected chi connectivity index (χ0v) is 14.3. The molecule has 1 fully saturated rings. The average Bonchev–Trinajstić information content (AvgIpc) is 3.40. The van der Waals surface area contributed by atoms with Gasteiger partial charge in [0.05, 0.1) is 10.7 Å². The molecule has 0 heterocycles. The van der Waals surface area contributed by atoms with Gasteiger partial charge in [0.25, 0.3) is 0 Å². The van der Waals surface area contributed by atoms with Gasteiger partial charge in [-0.15, -0.1) is 11.8 Å². The molecule has 2 aromatic carbocycles. The predicted octanol–water partition coefficient (Wildman–Crippen LogP) is 6.30. The Morgan fingerprint density at radius 1 is 1.09 bits per heavy atom. The molecule has 0 aromatic heterocycles. The Balaban J connectivity index is 1.65. The Kier molecular flexibility index (Phi) is 5.94. The van der Waals surface area contributed by atoms with Crippen molar-refractivity contribution in [2.45, 2.75) is 17.7 Å². The molecule has 1 aliphatic carbocycles. The van der Waals surface area contributed by atoms with E-state index in [4.69, 9.17) is 4.99 Å². The summed E-state index contributed by atoms with van der Waals surface area (Å²) in [5.74, 6) is 1.79. The summed E-state index contributed by atoms with van der Waals surface area (Å²) in [5.41, 5.74) is 0.974. The fourth-order valence-electron chi connectivity index (χ4n) is 1.92. The Morgan fingerprint density at radius 3 is 2.52 bits per heavy atom. The highest BCUT2D eigenvalue weighted by Gasteiger charge is 2.21. The number of para-hydroxylation sites is 1. The van der Waals surface area contributed by atoms with Gasteiger partial charge in [-0.25, -0.2) is 9.38 Å². The fourth-order valence-corrected chi connectivity index (χ4v) is 3.73. The number of nitrogens with zero attached hydrogens (tertiary/aromatic N) is 1. The zero-order valence-electron chi connectivity index (χ0n) is 12.7. The number of benzene rings is 2. The Labute approximate surface area is 145 Å². The van der Waals surface area contributed by atoms with Gasteiger partial charge < -0.3 is 0 Å². The maximum atomic E-state index is 12.9. The van der Waals surface area contributed by atoms with E-state index in [1.807, 2.05) is 53.6 Å². The third kappa shape index (κ3) is 5.88. The largest absolute Gasteiger partial charge is 0.242 e. The van der Waals surface area contributed by atoms with E-state index in [1.165, 1.54) is 25.0 Å². The van der Waals surface area contributed by atoms with Gasteiger partial charge in [-0.2, -0.15) is 0 Å². The van der Waals surface area contributed by atoms with Crippen LogP contribution < -0.4 is 0 Å². The number of aliphatic imine (C=N–C) groups is 1. The first kappa shape index (κ1) is 16.3. The summed E-state index contributed by atoms with van der Waals surface area (Å²) in [5, 5.41) is 3.05. The van der Waals surface area contributed by atoms with Crippen LogP contribution in [0.25, 0.3) is 0 Å². The number of hydrogen-bond acceptors (Lipinski definition) is 3. The molecule has 0 saturated heterocycles. The lowest BCUT2D eigenvalue weighted by atomic mass is 10.3. The van der Waals surface area contributed by atoms with Crippen LogP contribution in [0.5, 0.6) is 0 Å². The van der Waals surface area contributed by atoms with Gasteiger partial charge in [-0.1, -0.05) is 30.0 Å². The van der Waals surface area contributed by atoms with Crippen LogP contribution in [-0.2, 0) is 0 Å². The van der Waals surface area contributed by atoms with Gasteiger partial charge in [0.15, 0.2) is 0 Å². The Bertz CT molecular complexity index is 676. The van der Waals surface area contributed by atoms with Gasteiger partial charge in [0, 0.05) is 10.6 Å². The third-order valence-corrected chi connectivity index (χ3v) is 5.37. The van der Waals surface area contributed by atoms with Crippen LogP contribution in [0.4, 0.5) is 10.1 Å². The lowest BCUT2D eigenvalue weighted by molar-refractivity contribution is 0.626. The van der Waals surface area contributed by atoms with Crippen molar-refractivity contribution in [2.24, 2.45) is 10.9 Å². The minimum Gasteiger partial charge on any atom is -0.242 e. The second-order valence-electron chi connectivity index (χ2n) is 5.41. The third-order valence-electron chi connectivity index (χ3n) is 3.39. The minimum absolute atomic E-state index is 0.204. The summed E-state index contributed by atoms with van der Waals surface area (Å²) in [6, 6.07) is 16.6. The van der Waals surface area contributed by atoms with Gasteiger partial charge in [0.1, 0.15) is 5.82 Å². The molecule has 3 rings (SSSR count). The van der Waals surface area contributed by atoms with Crippen LogP contribution in [0.1, 0.15) is 12.8 Å². The molecule has 118 valence electrons. The van der Waals surface area contributed by atoms with Crippen LogP contribution in [0, 0.1) is 11.7 Å². The summed E-state index contributed by atoms with van der Waals surface area (Å²) in [6.07, 6.45) is 4.74. The van der Waals surface area contributed by atoms with Gasteiger partial charge in [0.2, 0.25) is 0 Å². The summed E-state index contributed by atoms with van der Waals surface area (Å²) in [4.78, 5) is 5.75. The summed E-state index contributed by atoms with van der Waals surface area (Å²) >= 11 is 3.39. The van der Waals surface area contributed by atoms with Crippen molar-refractivity contribution in [2.75, 3.05) is 5.75 Å². The molecule has 0 atom stereocenters. The van der Waals surface area contributed by atoms with Crippen LogP contribution in [0.2, 0.25) is 0 Å². The predicted molar refractivity (Wildman–Crippen MR) is 100 cm³/mol. The molecule has 0 amide bonds. The molecule has 0 bridgehead atoms. The number of thioether (sulfide) groups is 2. The molecule has 0 N–H and O–H groups in total. The molecule has 0 spiro atoms. The van der Waals surface area contributed by atoms with Crippen molar-refractivity contribution >= 4 is 34.3 Å².